The van der Waals surface area contributed by atoms with Crippen LogP contribution >= 0.6 is 0 Å². The Kier molecular flexibility index (Phi) is 3.60. The summed E-state index contributed by atoms with van der Waals surface area (Å²) in [5.41, 5.74) is 0.133. The van der Waals surface area contributed by atoms with Crippen molar-refractivity contribution >= 4 is 17.5 Å². The second kappa shape index (κ2) is 5.57. The summed E-state index contributed by atoms with van der Waals surface area (Å²) in [6.07, 6.45) is 0.425. The Morgan fingerprint density at radius 1 is 1.18 bits per heavy atom. The van der Waals surface area contributed by atoms with Gasteiger partial charge in [0.2, 0.25) is 5.95 Å². The summed E-state index contributed by atoms with van der Waals surface area (Å²) >= 11 is 0. The Morgan fingerprint density at radius 3 is 2.43 bits per heavy atom. The van der Waals surface area contributed by atoms with Crippen molar-refractivity contribution in [1.82, 2.24) is 9.97 Å². The van der Waals surface area contributed by atoms with E-state index < -0.39 is 24.4 Å². The van der Waals surface area contributed by atoms with E-state index in [1.54, 1.807) is 6.92 Å². The normalized spacial score (nSPS) is 34.1. The highest BCUT2D eigenvalue weighted by molar-refractivity contribution is 5.76. The van der Waals surface area contributed by atoms with Gasteiger partial charge in [0.15, 0.2) is 0 Å². The number of fused-ring (bicyclic) bond motifs is 2. The van der Waals surface area contributed by atoms with Gasteiger partial charge in [-0.2, -0.15) is 13.8 Å². The van der Waals surface area contributed by atoms with E-state index in [0.29, 0.717) is 48.6 Å². The number of halogens is 4. The summed E-state index contributed by atoms with van der Waals surface area (Å²) in [6.45, 7) is 3.73. The number of carbonyl (C=O) groups is 1. The molecule has 5 rings (SSSR count). The van der Waals surface area contributed by atoms with E-state index in [-0.39, 0.29) is 30.3 Å². The maximum Gasteiger partial charge on any atom is 0.290 e. The fourth-order valence-corrected chi connectivity index (χ4v) is 5.10. The van der Waals surface area contributed by atoms with E-state index in [4.69, 9.17) is 0 Å². The highest BCUT2D eigenvalue weighted by atomic mass is 19.3. The van der Waals surface area contributed by atoms with Gasteiger partial charge in [-0.05, 0) is 38.0 Å². The number of aromatic nitrogens is 2. The summed E-state index contributed by atoms with van der Waals surface area (Å²) in [5.74, 6) is -4.18. The summed E-state index contributed by atoms with van der Waals surface area (Å²) in [5, 5.41) is 0. The molecule has 0 amide bonds. The van der Waals surface area contributed by atoms with Gasteiger partial charge in [-0.15, -0.1) is 0 Å². The van der Waals surface area contributed by atoms with Crippen molar-refractivity contribution in [2.24, 2.45) is 17.8 Å². The second-order valence-corrected chi connectivity index (χ2v) is 8.75. The smallest absolute Gasteiger partial charge is 0.290 e. The van der Waals surface area contributed by atoms with Crippen molar-refractivity contribution in [3.8, 4) is 0 Å². The number of hydrogen-bond donors (Lipinski definition) is 0. The van der Waals surface area contributed by atoms with E-state index >= 15 is 0 Å². The molecule has 2 saturated heterocycles. The number of nitrogens with zero attached hydrogens (tertiary/aromatic N) is 4. The zero-order chi connectivity index (χ0) is 20.0. The summed E-state index contributed by atoms with van der Waals surface area (Å²) < 4.78 is 56.0. The van der Waals surface area contributed by atoms with Crippen LogP contribution in [-0.2, 0) is 17.1 Å². The molecule has 152 valence electrons. The van der Waals surface area contributed by atoms with Gasteiger partial charge < -0.3 is 14.6 Å². The second-order valence-electron chi connectivity index (χ2n) is 8.75. The number of anilines is 2. The number of rotatable bonds is 4. The molecule has 0 bridgehead atoms. The van der Waals surface area contributed by atoms with Crippen LogP contribution in [0.5, 0.6) is 0 Å². The van der Waals surface area contributed by atoms with Gasteiger partial charge >= 0.3 is 0 Å². The standard InChI is InChI=1S/C19H22F4N4O/c1-9(28)5-12-13-6-26(7-14(12)13)16-11-3-4-18(20,21)15(11)24-17(25-16)27-8-19(22,23)10(27)2/h10,12-14H,3-8H2,1-2H3/t10?,12?,13-,14+. The molecule has 3 fully saturated rings. The lowest BCUT2D eigenvalue weighted by molar-refractivity contribution is -0.117. The minimum atomic E-state index is -3.06. The molecule has 28 heavy (non-hydrogen) atoms. The van der Waals surface area contributed by atoms with Crippen LogP contribution in [0.1, 0.15) is 37.9 Å². The fourth-order valence-electron chi connectivity index (χ4n) is 5.10. The molecule has 4 aliphatic rings. The number of Topliss-reactive ketones (excluding diaryl/α,β-unsaturated/α-hetero) is 1. The molecule has 1 saturated carbocycles. The molecule has 0 aromatic carbocycles. The fraction of sp³-hybridized carbons (Fsp3) is 0.737. The molecule has 0 spiro atoms. The number of carbonyl (C=O) groups excluding carboxylic acids is 1. The van der Waals surface area contributed by atoms with Crippen molar-refractivity contribution in [3.63, 3.8) is 0 Å². The topological polar surface area (TPSA) is 49.3 Å². The van der Waals surface area contributed by atoms with Crippen LogP contribution in [-0.4, -0.2) is 47.3 Å². The molecule has 4 atom stereocenters. The van der Waals surface area contributed by atoms with Crippen LogP contribution in [0.15, 0.2) is 0 Å². The zero-order valence-corrected chi connectivity index (χ0v) is 15.8. The van der Waals surface area contributed by atoms with Gasteiger partial charge in [-0.25, -0.2) is 13.8 Å². The first-order valence-electron chi connectivity index (χ1n) is 9.76. The molecular formula is C19H22F4N4O. The van der Waals surface area contributed by atoms with Crippen LogP contribution in [0.2, 0.25) is 0 Å². The maximum atomic E-state index is 14.4. The summed E-state index contributed by atoms with van der Waals surface area (Å²) in [6, 6.07) is -1.11. The Balaban J connectivity index is 1.45. The molecule has 3 heterocycles. The van der Waals surface area contributed by atoms with E-state index in [2.05, 4.69) is 9.97 Å². The lowest BCUT2D eigenvalue weighted by Crippen LogP contribution is -2.64. The molecule has 9 heteroatoms. The van der Waals surface area contributed by atoms with Crippen molar-refractivity contribution in [3.05, 3.63) is 11.3 Å². The highest BCUT2D eigenvalue weighted by Crippen LogP contribution is 2.55. The summed E-state index contributed by atoms with van der Waals surface area (Å²) in [4.78, 5) is 23.1. The predicted molar refractivity (Wildman–Crippen MR) is 94.0 cm³/mol. The largest absolute Gasteiger partial charge is 0.356 e. The lowest BCUT2D eigenvalue weighted by atomic mass is 10.0. The number of hydrogen-bond acceptors (Lipinski definition) is 5. The van der Waals surface area contributed by atoms with E-state index in [9.17, 15) is 22.4 Å². The van der Waals surface area contributed by atoms with E-state index in [1.807, 2.05) is 4.90 Å². The molecule has 2 aliphatic heterocycles. The maximum absolute atomic E-state index is 14.4. The number of alkyl halides is 4. The first-order valence-corrected chi connectivity index (χ1v) is 9.76. The van der Waals surface area contributed by atoms with Crippen molar-refractivity contribution in [2.75, 3.05) is 29.4 Å². The minimum Gasteiger partial charge on any atom is -0.356 e. The van der Waals surface area contributed by atoms with Crippen LogP contribution in [0.4, 0.5) is 29.3 Å². The monoisotopic (exact) mass is 398 g/mol. The van der Waals surface area contributed by atoms with Gasteiger partial charge in [0.1, 0.15) is 17.3 Å². The molecule has 0 radical (unpaired) electrons. The lowest BCUT2D eigenvalue weighted by Gasteiger charge is -2.46. The molecule has 5 nitrogen and oxygen atoms in total. The van der Waals surface area contributed by atoms with Gasteiger partial charge in [0, 0.05) is 31.5 Å². The van der Waals surface area contributed by atoms with Crippen LogP contribution in [0.25, 0.3) is 0 Å². The Morgan fingerprint density at radius 2 is 1.86 bits per heavy atom. The van der Waals surface area contributed by atoms with E-state index in [0.717, 1.165) is 0 Å². The third kappa shape index (κ3) is 2.54. The van der Waals surface area contributed by atoms with Gasteiger partial charge in [0.05, 0.1) is 12.6 Å². The number of ketones is 1. The molecule has 1 aromatic heterocycles. The molecule has 0 N–H and O–H groups in total. The molecule has 2 aliphatic carbocycles. The SMILES string of the molecule is CC(=O)CC1[C@H]2CN(c3nc(N4CC(F)(F)C4C)nc4c3CCC4(F)F)C[C@@H]12. The van der Waals surface area contributed by atoms with Crippen LogP contribution in [0.3, 0.4) is 0 Å². The highest BCUT2D eigenvalue weighted by Gasteiger charge is 2.57. The van der Waals surface area contributed by atoms with Gasteiger partial charge in [0.25, 0.3) is 11.8 Å². The molecule has 2 unspecified atom stereocenters. The zero-order valence-electron chi connectivity index (χ0n) is 15.8. The Hall–Kier alpha value is -1.93. The van der Waals surface area contributed by atoms with Crippen molar-refractivity contribution in [1.29, 1.82) is 0 Å². The van der Waals surface area contributed by atoms with Crippen LogP contribution < -0.4 is 9.80 Å². The first kappa shape index (κ1) is 18.1. The minimum absolute atomic E-state index is 0.0328. The predicted octanol–water partition coefficient (Wildman–Crippen LogP) is 3.02. The summed E-state index contributed by atoms with van der Waals surface area (Å²) in [7, 11) is 0. The van der Waals surface area contributed by atoms with Gasteiger partial charge in [-0.3, -0.25) is 0 Å². The third-order valence-corrected chi connectivity index (χ3v) is 6.92. The van der Waals surface area contributed by atoms with Gasteiger partial charge in [-0.1, -0.05) is 0 Å². The average molecular weight is 398 g/mol. The van der Waals surface area contributed by atoms with Crippen molar-refractivity contribution in [2.45, 2.75) is 51.0 Å². The Bertz CT molecular complexity index is 849. The Labute approximate surface area is 160 Å². The van der Waals surface area contributed by atoms with Crippen molar-refractivity contribution < 1.29 is 22.4 Å². The quantitative estimate of drug-likeness (QED) is 0.730. The average Bonchev–Trinajstić information content (AvgIpc) is 2.96. The van der Waals surface area contributed by atoms with Crippen LogP contribution in [0, 0.1) is 17.8 Å². The van der Waals surface area contributed by atoms with E-state index in [1.165, 1.54) is 11.8 Å². The molecular weight excluding hydrogens is 376 g/mol. The first-order chi connectivity index (χ1) is 13.1. The number of piperidine rings is 1. The molecule has 1 aromatic rings. The third-order valence-electron chi connectivity index (χ3n) is 6.92.